The highest BCUT2D eigenvalue weighted by atomic mass is 16.7. The summed E-state index contributed by atoms with van der Waals surface area (Å²) in [7, 11) is 3.17. The van der Waals surface area contributed by atoms with E-state index in [0.29, 0.717) is 18.6 Å². The number of hydrogen-bond acceptors (Lipinski definition) is 5. The molecule has 0 aliphatic carbocycles. The van der Waals surface area contributed by atoms with Crippen LogP contribution in [0.3, 0.4) is 0 Å². The molecule has 2 unspecified atom stereocenters. The van der Waals surface area contributed by atoms with Crippen LogP contribution in [-0.2, 0) is 9.47 Å². The third-order valence-electron chi connectivity index (χ3n) is 3.94. The highest BCUT2D eigenvalue weighted by Gasteiger charge is 2.26. The Labute approximate surface area is 145 Å². The lowest BCUT2D eigenvalue weighted by atomic mass is 9.84. The van der Waals surface area contributed by atoms with Crippen LogP contribution in [0, 0.1) is 0 Å². The van der Waals surface area contributed by atoms with Gasteiger partial charge in [0.1, 0.15) is 11.5 Å². The molecule has 0 bridgehead atoms. The molecule has 5 nitrogen and oxygen atoms in total. The molecule has 0 fully saturated rings. The van der Waals surface area contributed by atoms with Gasteiger partial charge in [-0.15, -0.1) is 0 Å². The van der Waals surface area contributed by atoms with Crippen molar-refractivity contribution in [1.29, 1.82) is 0 Å². The van der Waals surface area contributed by atoms with Crippen LogP contribution in [0.15, 0.2) is 30.4 Å². The first-order chi connectivity index (χ1) is 11.5. The van der Waals surface area contributed by atoms with E-state index in [9.17, 15) is 5.11 Å². The molecule has 0 spiro atoms. The zero-order valence-corrected chi connectivity index (χ0v) is 15.4. The number of benzene rings is 1. The van der Waals surface area contributed by atoms with Gasteiger partial charge in [-0.1, -0.05) is 26.0 Å². The first-order valence-corrected chi connectivity index (χ1v) is 8.23. The van der Waals surface area contributed by atoms with Crippen LogP contribution in [0.4, 0.5) is 0 Å². The van der Waals surface area contributed by atoms with Crippen molar-refractivity contribution in [2.24, 2.45) is 0 Å². The number of ether oxygens (including phenoxy) is 4. The highest BCUT2D eigenvalue weighted by molar-refractivity contribution is 5.42. The monoisotopic (exact) mass is 338 g/mol. The lowest BCUT2D eigenvalue weighted by Gasteiger charge is -2.28. The Bertz CT molecular complexity index is 514. The van der Waals surface area contributed by atoms with E-state index in [1.165, 1.54) is 0 Å². The summed E-state index contributed by atoms with van der Waals surface area (Å²) in [5.41, 5.74) is 0.132. The van der Waals surface area contributed by atoms with E-state index in [2.05, 4.69) is 6.92 Å². The predicted molar refractivity (Wildman–Crippen MR) is 94.5 cm³/mol. The molecule has 136 valence electrons. The van der Waals surface area contributed by atoms with Crippen molar-refractivity contribution in [2.75, 3.05) is 27.8 Å². The molecular formula is C19H30O5. The number of aliphatic hydroxyl groups is 1. The molecule has 1 aromatic carbocycles. The molecule has 5 heteroatoms. The van der Waals surface area contributed by atoms with Crippen LogP contribution in [0.2, 0.25) is 0 Å². The predicted octanol–water partition coefficient (Wildman–Crippen LogP) is 3.86. The molecular weight excluding hydrogens is 308 g/mol. The molecule has 0 heterocycles. The number of rotatable bonds is 11. The molecule has 1 rings (SSSR count). The molecule has 0 aromatic heterocycles. The summed E-state index contributed by atoms with van der Waals surface area (Å²) in [6.07, 6.45) is 4.97. The fourth-order valence-corrected chi connectivity index (χ4v) is 2.66. The minimum atomic E-state index is -0.837. The van der Waals surface area contributed by atoms with Gasteiger partial charge in [-0.3, -0.25) is 0 Å². The van der Waals surface area contributed by atoms with E-state index in [1.54, 1.807) is 14.2 Å². The van der Waals surface area contributed by atoms with E-state index in [0.717, 1.165) is 11.3 Å². The van der Waals surface area contributed by atoms with E-state index >= 15 is 0 Å². The molecule has 0 saturated carbocycles. The Hall–Kier alpha value is -1.56. The van der Waals surface area contributed by atoms with Crippen molar-refractivity contribution < 1.29 is 24.1 Å². The number of hydrogen-bond donors (Lipinski definition) is 1. The zero-order valence-electron chi connectivity index (χ0n) is 15.4. The average Bonchev–Trinajstić information content (AvgIpc) is 2.58. The fraction of sp³-hybridized carbons (Fsp3) is 0.579. The normalized spacial score (nSPS) is 15.2. The molecule has 24 heavy (non-hydrogen) atoms. The minimum Gasteiger partial charge on any atom is -0.468 e. The Balaban J connectivity index is 3.05. The maximum atomic E-state index is 10.7. The van der Waals surface area contributed by atoms with Gasteiger partial charge in [0, 0.05) is 19.8 Å². The summed E-state index contributed by atoms with van der Waals surface area (Å²) in [4.78, 5) is 0. The van der Waals surface area contributed by atoms with Crippen LogP contribution in [0.25, 0.3) is 0 Å². The van der Waals surface area contributed by atoms with Crippen LogP contribution < -0.4 is 9.47 Å². The summed E-state index contributed by atoms with van der Waals surface area (Å²) in [5, 5.41) is 10.7. The Kier molecular flexibility index (Phi) is 8.82. The van der Waals surface area contributed by atoms with Crippen molar-refractivity contribution in [2.45, 2.75) is 45.1 Å². The largest absolute Gasteiger partial charge is 0.468 e. The van der Waals surface area contributed by atoms with E-state index in [1.807, 2.05) is 44.2 Å². The van der Waals surface area contributed by atoms with Crippen molar-refractivity contribution >= 4 is 0 Å². The second-order valence-corrected chi connectivity index (χ2v) is 5.86. The van der Waals surface area contributed by atoms with Gasteiger partial charge >= 0.3 is 0 Å². The van der Waals surface area contributed by atoms with E-state index in [-0.39, 0.29) is 19.5 Å². The molecule has 0 aliphatic heterocycles. The highest BCUT2D eigenvalue weighted by Crippen LogP contribution is 2.36. The van der Waals surface area contributed by atoms with Crippen molar-refractivity contribution in [3.63, 3.8) is 0 Å². The summed E-state index contributed by atoms with van der Waals surface area (Å²) in [6, 6.07) is 5.62. The second kappa shape index (κ2) is 10.3. The van der Waals surface area contributed by atoms with Gasteiger partial charge in [-0.05, 0) is 43.9 Å². The maximum absolute atomic E-state index is 10.7. The van der Waals surface area contributed by atoms with Gasteiger partial charge in [-0.25, -0.2) is 0 Å². The van der Waals surface area contributed by atoms with Crippen LogP contribution in [0.5, 0.6) is 11.5 Å². The molecule has 1 N–H and O–H groups in total. The molecule has 2 atom stereocenters. The Morgan fingerprint density at radius 3 is 2.42 bits per heavy atom. The van der Waals surface area contributed by atoms with Crippen molar-refractivity contribution in [1.82, 2.24) is 0 Å². The number of methoxy groups -OCH3 is 2. The lowest BCUT2D eigenvalue weighted by Crippen LogP contribution is -2.27. The summed E-state index contributed by atoms with van der Waals surface area (Å²) < 4.78 is 21.1. The van der Waals surface area contributed by atoms with Gasteiger partial charge in [-0.2, -0.15) is 0 Å². The third-order valence-corrected chi connectivity index (χ3v) is 3.94. The van der Waals surface area contributed by atoms with Gasteiger partial charge in [0.05, 0.1) is 5.60 Å². The molecule has 0 radical (unpaired) electrons. The Morgan fingerprint density at radius 1 is 1.17 bits per heavy atom. The van der Waals surface area contributed by atoms with Gasteiger partial charge in [0.15, 0.2) is 13.6 Å². The molecule has 1 aromatic rings. The molecule has 0 saturated heterocycles. The maximum Gasteiger partial charge on any atom is 0.188 e. The minimum absolute atomic E-state index is 0.0732. The average molecular weight is 338 g/mol. The lowest BCUT2D eigenvalue weighted by molar-refractivity contribution is 0.0463. The SMILES string of the molecule is C/C=C/C(O)(CC)CC(C)c1cc(OCOC)ccc1OCOC. The summed E-state index contributed by atoms with van der Waals surface area (Å²) in [6.45, 7) is 6.32. The van der Waals surface area contributed by atoms with Gasteiger partial charge in [0.2, 0.25) is 0 Å². The standard InChI is InChI=1S/C19H30O5/c1-6-10-19(20,7-2)12-15(3)17-11-16(23-13-21-4)8-9-18(17)24-14-22-5/h6,8-11,15,20H,7,12-14H2,1-5H3/b10-6+. The first-order valence-electron chi connectivity index (χ1n) is 8.23. The summed E-state index contributed by atoms with van der Waals surface area (Å²) in [5.74, 6) is 1.51. The third kappa shape index (κ3) is 6.15. The zero-order chi connectivity index (χ0) is 18.0. The summed E-state index contributed by atoms with van der Waals surface area (Å²) >= 11 is 0. The van der Waals surface area contributed by atoms with Crippen LogP contribution >= 0.6 is 0 Å². The first kappa shape index (κ1) is 20.5. The van der Waals surface area contributed by atoms with Crippen molar-refractivity contribution in [3.05, 3.63) is 35.9 Å². The smallest absolute Gasteiger partial charge is 0.188 e. The van der Waals surface area contributed by atoms with Crippen LogP contribution in [0.1, 0.15) is 45.1 Å². The molecule has 0 amide bonds. The second-order valence-electron chi connectivity index (χ2n) is 5.86. The topological polar surface area (TPSA) is 57.2 Å². The van der Waals surface area contributed by atoms with Crippen molar-refractivity contribution in [3.8, 4) is 11.5 Å². The van der Waals surface area contributed by atoms with Gasteiger partial charge < -0.3 is 24.1 Å². The van der Waals surface area contributed by atoms with E-state index in [4.69, 9.17) is 18.9 Å². The van der Waals surface area contributed by atoms with E-state index < -0.39 is 5.60 Å². The number of allylic oxidation sites excluding steroid dienone is 1. The Morgan fingerprint density at radius 2 is 1.83 bits per heavy atom. The fourth-order valence-electron chi connectivity index (χ4n) is 2.66. The quantitative estimate of drug-likeness (QED) is 0.490. The van der Waals surface area contributed by atoms with Crippen LogP contribution in [-0.4, -0.2) is 38.5 Å². The molecule has 0 aliphatic rings. The van der Waals surface area contributed by atoms with Gasteiger partial charge in [0.25, 0.3) is 0 Å².